The molecule has 0 aliphatic carbocycles. The third-order valence-electron chi connectivity index (χ3n) is 3.52. The molecule has 98 valence electrons. The van der Waals surface area contributed by atoms with Gasteiger partial charge in [0.25, 0.3) is 0 Å². The van der Waals surface area contributed by atoms with E-state index in [0.29, 0.717) is 24.2 Å². The first-order chi connectivity index (χ1) is 9.03. The summed E-state index contributed by atoms with van der Waals surface area (Å²) < 4.78 is 24.1. The van der Waals surface area contributed by atoms with Crippen LogP contribution >= 0.6 is 0 Å². The highest BCUT2D eigenvalue weighted by molar-refractivity contribution is 7.95. The summed E-state index contributed by atoms with van der Waals surface area (Å²) in [6.45, 7) is 4.19. The first kappa shape index (κ1) is 12.2. The van der Waals surface area contributed by atoms with E-state index in [2.05, 4.69) is 6.58 Å². The number of likely N-dealkylation sites (tertiary alicyclic amines) is 1. The molecule has 1 atom stereocenters. The summed E-state index contributed by atoms with van der Waals surface area (Å²) in [6, 6.07) is 6.77. The van der Waals surface area contributed by atoms with Gasteiger partial charge in [0.2, 0.25) is 15.7 Å². The largest absolute Gasteiger partial charge is 0.310 e. The van der Waals surface area contributed by atoms with Crippen LogP contribution in [0.5, 0.6) is 0 Å². The van der Waals surface area contributed by atoms with E-state index in [4.69, 9.17) is 0 Å². The molecule has 3 rings (SSSR count). The predicted molar refractivity (Wildman–Crippen MR) is 71.6 cm³/mol. The summed E-state index contributed by atoms with van der Waals surface area (Å²) >= 11 is 0. The summed E-state index contributed by atoms with van der Waals surface area (Å²) in [5, 5.41) is 1.20. The number of carbonyl (C=O) groups excluding carboxylic acids is 1. The topological polar surface area (TPSA) is 54.5 Å². The Hall–Kier alpha value is -1.88. The molecule has 1 aromatic rings. The van der Waals surface area contributed by atoms with Crippen LogP contribution in [0.1, 0.15) is 12.0 Å². The number of fused-ring (bicyclic) bond motifs is 1. The molecule has 1 saturated heterocycles. The Balaban J connectivity index is 2.09. The van der Waals surface area contributed by atoms with Crippen LogP contribution in [0.2, 0.25) is 0 Å². The van der Waals surface area contributed by atoms with Crippen LogP contribution in [-0.4, -0.2) is 25.8 Å². The quantitative estimate of drug-likeness (QED) is 0.773. The lowest BCUT2D eigenvalue weighted by molar-refractivity contribution is -0.124. The molecular weight excluding hydrogens is 262 g/mol. The number of hydrogen-bond acceptors (Lipinski definition) is 3. The molecule has 1 unspecified atom stereocenters. The van der Waals surface area contributed by atoms with Gasteiger partial charge in [-0.05, 0) is 6.07 Å². The van der Waals surface area contributed by atoms with E-state index in [1.54, 1.807) is 35.2 Å². The normalized spacial score (nSPS) is 24.2. The first-order valence-electron chi connectivity index (χ1n) is 6.02. The zero-order valence-corrected chi connectivity index (χ0v) is 11.1. The van der Waals surface area contributed by atoms with Crippen LogP contribution in [0.25, 0.3) is 5.70 Å². The number of amides is 1. The second-order valence-corrected chi connectivity index (χ2v) is 6.51. The highest BCUT2D eigenvalue weighted by atomic mass is 32.2. The molecule has 0 aromatic heterocycles. The van der Waals surface area contributed by atoms with Crippen molar-refractivity contribution in [3.8, 4) is 0 Å². The van der Waals surface area contributed by atoms with Crippen molar-refractivity contribution in [2.45, 2.75) is 11.3 Å². The van der Waals surface area contributed by atoms with Gasteiger partial charge < -0.3 is 4.90 Å². The molecule has 5 heteroatoms. The van der Waals surface area contributed by atoms with E-state index in [1.807, 2.05) is 0 Å². The molecule has 1 fully saturated rings. The summed E-state index contributed by atoms with van der Waals surface area (Å²) in [6.07, 6.45) is 2.14. The standard InChI is InChI=1S/C14H13NO3S/c1-2-10-7-14(16)15(8-10)12-9-19(17,18)13-6-4-3-5-11(12)13/h2-6,9-10H,1,7-8H2. The van der Waals surface area contributed by atoms with Gasteiger partial charge in [0, 0.05) is 24.4 Å². The minimum absolute atomic E-state index is 0.0527. The van der Waals surface area contributed by atoms with Crippen molar-refractivity contribution in [1.29, 1.82) is 0 Å². The average molecular weight is 275 g/mol. The zero-order valence-electron chi connectivity index (χ0n) is 10.2. The fourth-order valence-corrected chi connectivity index (χ4v) is 3.96. The maximum Gasteiger partial charge on any atom is 0.227 e. The number of rotatable bonds is 2. The van der Waals surface area contributed by atoms with E-state index in [9.17, 15) is 13.2 Å². The number of sulfone groups is 1. The van der Waals surface area contributed by atoms with Gasteiger partial charge in [0.05, 0.1) is 16.0 Å². The van der Waals surface area contributed by atoms with Crippen molar-refractivity contribution in [2.24, 2.45) is 5.92 Å². The van der Waals surface area contributed by atoms with Crippen molar-refractivity contribution in [3.63, 3.8) is 0 Å². The van der Waals surface area contributed by atoms with Crippen molar-refractivity contribution in [1.82, 2.24) is 4.90 Å². The van der Waals surface area contributed by atoms with Gasteiger partial charge in [-0.25, -0.2) is 8.42 Å². The molecule has 0 bridgehead atoms. The highest BCUT2D eigenvalue weighted by Gasteiger charge is 2.36. The highest BCUT2D eigenvalue weighted by Crippen LogP contribution is 2.38. The molecule has 0 N–H and O–H groups in total. The second kappa shape index (κ2) is 4.06. The molecule has 0 spiro atoms. The van der Waals surface area contributed by atoms with Crippen LogP contribution in [0.4, 0.5) is 0 Å². The van der Waals surface area contributed by atoms with Crippen LogP contribution in [0.15, 0.2) is 47.2 Å². The van der Waals surface area contributed by atoms with Crippen molar-refractivity contribution < 1.29 is 13.2 Å². The van der Waals surface area contributed by atoms with Gasteiger partial charge in [0.15, 0.2) is 0 Å². The van der Waals surface area contributed by atoms with E-state index in [-0.39, 0.29) is 16.7 Å². The zero-order chi connectivity index (χ0) is 13.6. The maximum atomic E-state index is 12.0. The van der Waals surface area contributed by atoms with E-state index in [1.165, 1.54) is 5.41 Å². The third-order valence-corrected chi connectivity index (χ3v) is 5.02. The lowest BCUT2D eigenvalue weighted by Crippen LogP contribution is -2.22. The molecule has 19 heavy (non-hydrogen) atoms. The molecule has 2 aliphatic rings. The molecule has 0 saturated carbocycles. The van der Waals surface area contributed by atoms with Gasteiger partial charge in [-0.15, -0.1) is 6.58 Å². The predicted octanol–water partition coefficient (Wildman–Crippen LogP) is 1.81. The summed E-state index contributed by atoms with van der Waals surface area (Å²) in [4.78, 5) is 13.8. The fourth-order valence-electron chi connectivity index (χ4n) is 2.54. The van der Waals surface area contributed by atoms with Crippen LogP contribution in [-0.2, 0) is 14.6 Å². The molecule has 2 heterocycles. The molecule has 4 nitrogen and oxygen atoms in total. The number of carbonyl (C=O) groups is 1. The van der Waals surface area contributed by atoms with Gasteiger partial charge in [-0.2, -0.15) is 0 Å². The third kappa shape index (κ3) is 1.81. The Morgan fingerprint density at radius 2 is 2.05 bits per heavy atom. The second-order valence-electron chi connectivity index (χ2n) is 4.75. The lowest BCUT2D eigenvalue weighted by atomic mass is 10.1. The SMILES string of the molecule is C=CC1CC(=O)N(C2=CS(=O)(=O)c3ccccc32)C1. The molecule has 0 radical (unpaired) electrons. The van der Waals surface area contributed by atoms with Crippen LogP contribution < -0.4 is 0 Å². The average Bonchev–Trinajstić information content (AvgIpc) is 2.89. The molecule has 1 amide bonds. The van der Waals surface area contributed by atoms with Crippen molar-refractivity contribution >= 4 is 21.4 Å². The number of hydrogen-bond donors (Lipinski definition) is 0. The van der Waals surface area contributed by atoms with Crippen molar-refractivity contribution in [2.75, 3.05) is 6.54 Å². The first-order valence-corrected chi connectivity index (χ1v) is 7.56. The summed E-state index contributed by atoms with van der Waals surface area (Å²) in [7, 11) is -3.42. The van der Waals surface area contributed by atoms with Gasteiger partial charge in [-0.1, -0.05) is 24.3 Å². The van der Waals surface area contributed by atoms with Crippen LogP contribution in [0, 0.1) is 5.92 Å². The summed E-state index contributed by atoms with van der Waals surface area (Å²) in [5.41, 5.74) is 1.10. The Kier molecular flexibility index (Phi) is 2.60. The molecule has 2 aliphatic heterocycles. The monoisotopic (exact) mass is 275 g/mol. The lowest BCUT2D eigenvalue weighted by Gasteiger charge is -2.17. The van der Waals surface area contributed by atoms with Crippen LogP contribution in [0.3, 0.4) is 0 Å². The van der Waals surface area contributed by atoms with Gasteiger partial charge in [-0.3, -0.25) is 4.79 Å². The minimum Gasteiger partial charge on any atom is -0.310 e. The van der Waals surface area contributed by atoms with Gasteiger partial charge >= 0.3 is 0 Å². The Bertz CT molecular complexity index is 703. The smallest absolute Gasteiger partial charge is 0.227 e. The van der Waals surface area contributed by atoms with Gasteiger partial charge in [0.1, 0.15) is 0 Å². The molecular formula is C14H13NO3S. The summed E-state index contributed by atoms with van der Waals surface area (Å²) in [5.74, 6) is 0.0342. The minimum atomic E-state index is -3.42. The molecule has 1 aromatic carbocycles. The Morgan fingerprint density at radius 3 is 2.74 bits per heavy atom. The van der Waals surface area contributed by atoms with E-state index < -0.39 is 9.84 Å². The van der Waals surface area contributed by atoms with Crippen molar-refractivity contribution in [3.05, 3.63) is 47.9 Å². The van der Waals surface area contributed by atoms with E-state index >= 15 is 0 Å². The fraction of sp³-hybridized carbons (Fsp3) is 0.214. The van der Waals surface area contributed by atoms with E-state index in [0.717, 1.165) is 0 Å². The maximum absolute atomic E-state index is 12.0. The Morgan fingerprint density at radius 1 is 1.32 bits per heavy atom. The number of benzene rings is 1. The number of nitrogens with zero attached hydrogens (tertiary/aromatic N) is 1. The Labute approximate surface area is 112 Å².